The molecule has 0 bridgehead atoms. The van der Waals surface area contributed by atoms with Crippen LogP contribution < -0.4 is 0 Å². The van der Waals surface area contributed by atoms with Crippen LogP contribution >= 0.6 is 0 Å². The van der Waals surface area contributed by atoms with Gasteiger partial charge in [0.05, 0.1) is 0 Å². The topological polar surface area (TPSA) is 0 Å². The Balaban J connectivity index is 2.56. The van der Waals surface area contributed by atoms with E-state index in [1.54, 1.807) is 0 Å². The molecule has 12 heavy (non-hydrogen) atoms. The van der Waals surface area contributed by atoms with E-state index in [1.807, 2.05) is 0 Å². The molecule has 0 aromatic heterocycles. The molecule has 0 radical (unpaired) electrons. The van der Waals surface area contributed by atoms with Crippen molar-refractivity contribution in [2.75, 3.05) is 0 Å². The third-order valence-corrected chi connectivity index (χ3v) is 3.93. The van der Waals surface area contributed by atoms with Gasteiger partial charge in [-0.3, -0.25) is 0 Å². The van der Waals surface area contributed by atoms with Gasteiger partial charge in [0.2, 0.25) is 0 Å². The van der Waals surface area contributed by atoms with Gasteiger partial charge in [-0.2, -0.15) is 0 Å². The molecule has 0 saturated heterocycles. The predicted octanol–water partition coefficient (Wildman–Crippen LogP) is 4.10. The van der Waals surface area contributed by atoms with Crippen LogP contribution in [-0.2, 0) is 0 Å². The van der Waals surface area contributed by atoms with Crippen LogP contribution in [0.1, 0.15) is 53.4 Å². The molecule has 1 aliphatic carbocycles. The first kappa shape index (κ1) is 10.1. The molecule has 0 aromatic carbocycles. The van der Waals surface area contributed by atoms with E-state index in [9.17, 15) is 0 Å². The molecule has 0 N–H and O–H groups in total. The van der Waals surface area contributed by atoms with Crippen molar-refractivity contribution >= 4 is 0 Å². The third kappa shape index (κ3) is 2.02. The summed E-state index contributed by atoms with van der Waals surface area (Å²) in [5.41, 5.74) is 0. The van der Waals surface area contributed by atoms with Crippen molar-refractivity contribution in [3.8, 4) is 0 Å². The molecule has 1 saturated carbocycles. The fourth-order valence-corrected chi connectivity index (χ4v) is 3.10. The Kier molecular flexibility index (Phi) is 3.61. The smallest absolute Gasteiger partial charge is 0.0337 e. The fraction of sp³-hybridized carbons (Fsp3) is 1.00. The summed E-state index contributed by atoms with van der Waals surface area (Å²) >= 11 is 0. The van der Waals surface area contributed by atoms with Crippen molar-refractivity contribution in [2.45, 2.75) is 53.4 Å². The Hall–Kier alpha value is 0. The summed E-state index contributed by atoms with van der Waals surface area (Å²) < 4.78 is 0. The lowest BCUT2D eigenvalue weighted by molar-refractivity contribution is 0.118. The van der Waals surface area contributed by atoms with Crippen LogP contribution in [0.5, 0.6) is 0 Å². The van der Waals surface area contributed by atoms with Gasteiger partial charge in [0, 0.05) is 0 Å². The maximum Gasteiger partial charge on any atom is -0.0337 e. The second-order valence-corrected chi connectivity index (χ2v) is 4.85. The van der Waals surface area contributed by atoms with Gasteiger partial charge in [0.1, 0.15) is 0 Å². The molecule has 3 unspecified atom stereocenters. The summed E-state index contributed by atoms with van der Waals surface area (Å²) in [7, 11) is 0. The van der Waals surface area contributed by atoms with Crippen LogP contribution in [0, 0.1) is 23.7 Å². The first-order valence-electron chi connectivity index (χ1n) is 5.66. The molecule has 1 rings (SSSR count). The second-order valence-electron chi connectivity index (χ2n) is 4.85. The summed E-state index contributed by atoms with van der Waals surface area (Å²) in [5, 5.41) is 0. The molecule has 0 heterocycles. The van der Waals surface area contributed by atoms with E-state index in [-0.39, 0.29) is 0 Å². The van der Waals surface area contributed by atoms with Gasteiger partial charge >= 0.3 is 0 Å². The standard InChI is InChI=1S/C12H24/c1-5-9(2)12-10(3)7-6-8-11(12)4/h9-12H,5-8H2,1-4H3. The fourth-order valence-electron chi connectivity index (χ4n) is 3.10. The zero-order valence-electron chi connectivity index (χ0n) is 9.14. The summed E-state index contributed by atoms with van der Waals surface area (Å²) in [5.74, 6) is 3.89. The molecule has 0 amide bonds. The number of hydrogen-bond donors (Lipinski definition) is 0. The van der Waals surface area contributed by atoms with Crippen LogP contribution in [0.3, 0.4) is 0 Å². The Labute approximate surface area is 77.7 Å². The van der Waals surface area contributed by atoms with E-state index in [4.69, 9.17) is 0 Å². The minimum atomic E-state index is 0.940. The average molecular weight is 168 g/mol. The molecule has 0 nitrogen and oxygen atoms in total. The van der Waals surface area contributed by atoms with Crippen LogP contribution in [0.15, 0.2) is 0 Å². The third-order valence-electron chi connectivity index (χ3n) is 3.93. The lowest BCUT2D eigenvalue weighted by Crippen LogP contribution is -2.29. The van der Waals surface area contributed by atoms with Crippen molar-refractivity contribution in [3.05, 3.63) is 0 Å². The minimum Gasteiger partial charge on any atom is -0.0651 e. The lowest BCUT2D eigenvalue weighted by Gasteiger charge is -2.38. The first-order valence-corrected chi connectivity index (χ1v) is 5.66. The normalized spacial score (nSPS) is 39.5. The largest absolute Gasteiger partial charge is 0.0651 e. The molecule has 0 aliphatic heterocycles. The molecular formula is C12H24. The Morgan fingerprint density at radius 2 is 1.67 bits per heavy atom. The van der Waals surface area contributed by atoms with Crippen molar-refractivity contribution in [2.24, 2.45) is 23.7 Å². The molecule has 0 heteroatoms. The van der Waals surface area contributed by atoms with Crippen LogP contribution in [0.2, 0.25) is 0 Å². The van der Waals surface area contributed by atoms with Crippen molar-refractivity contribution in [1.29, 1.82) is 0 Å². The summed E-state index contributed by atoms with van der Waals surface area (Å²) in [6.45, 7) is 9.67. The molecule has 72 valence electrons. The Morgan fingerprint density at radius 3 is 2.08 bits per heavy atom. The highest BCUT2D eigenvalue weighted by atomic mass is 14.4. The van der Waals surface area contributed by atoms with Gasteiger partial charge < -0.3 is 0 Å². The highest BCUT2D eigenvalue weighted by molar-refractivity contribution is 4.80. The van der Waals surface area contributed by atoms with E-state index >= 15 is 0 Å². The highest BCUT2D eigenvalue weighted by Crippen LogP contribution is 2.39. The Morgan fingerprint density at radius 1 is 1.17 bits per heavy atom. The van der Waals surface area contributed by atoms with Crippen molar-refractivity contribution in [3.63, 3.8) is 0 Å². The zero-order chi connectivity index (χ0) is 9.14. The first-order chi connectivity index (χ1) is 5.66. The molecule has 3 atom stereocenters. The molecular weight excluding hydrogens is 144 g/mol. The highest BCUT2D eigenvalue weighted by Gasteiger charge is 2.30. The summed E-state index contributed by atoms with van der Waals surface area (Å²) in [6.07, 6.45) is 5.77. The average Bonchev–Trinajstić information content (AvgIpc) is 2.03. The molecule has 1 fully saturated rings. The van der Waals surface area contributed by atoms with E-state index in [1.165, 1.54) is 25.7 Å². The molecule has 0 spiro atoms. The SMILES string of the molecule is CCC(C)C1C(C)CCCC1C. The minimum absolute atomic E-state index is 0.940. The second kappa shape index (κ2) is 4.30. The van der Waals surface area contributed by atoms with Gasteiger partial charge in [-0.05, 0) is 23.7 Å². The maximum atomic E-state index is 2.45. The quantitative estimate of drug-likeness (QED) is 0.582. The molecule has 1 aliphatic rings. The van der Waals surface area contributed by atoms with E-state index in [0.29, 0.717) is 0 Å². The van der Waals surface area contributed by atoms with Crippen LogP contribution in [0.4, 0.5) is 0 Å². The predicted molar refractivity (Wildman–Crippen MR) is 55.1 cm³/mol. The maximum absolute atomic E-state index is 2.45. The van der Waals surface area contributed by atoms with Crippen molar-refractivity contribution < 1.29 is 0 Å². The summed E-state index contributed by atoms with van der Waals surface area (Å²) in [6, 6.07) is 0. The van der Waals surface area contributed by atoms with E-state index < -0.39 is 0 Å². The van der Waals surface area contributed by atoms with Crippen molar-refractivity contribution in [1.82, 2.24) is 0 Å². The van der Waals surface area contributed by atoms with Gasteiger partial charge in [0.15, 0.2) is 0 Å². The lowest BCUT2D eigenvalue weighted by atomic mass is 9.67. The van der Waals surface area contributed by atoms with Gasteiger partial charge in [0.25, 0.3) is 0 Å². The monoisotopic (exact) mass is 168 g/mol. The number of hydrogen-bond acceptors (Lipinski definition) is 0. The van der Waals surface area contributed by atoms with Gasteiger partial charge in [-0.1, -0.05) is 53.4 Å². The zero-order valence-corrected chi connectivity index (χ0v) is 9.14. The van der Waals surface area contributed by atoms with Gasteiger partial charge in [-0.15, -0.1) is 0 Å². The summed E-state index contributed by atoms with van der Waals surface area (Å²) in [4.78, 5) is 0. The van der Waals surface area contributed by atoms with Crippen LogP contribution in [0.25, 0.3) is 0 Å². The van der Waals surface area contributed by atoms with Crippen LogP contribution in [-0.4, -0.2) is 0 Å². The Bertz CT molecular complexity index is 112. The number of rotatable bonds is 2. The van der Waals surface area contributed by atoms with Gasteiger partial charge in [-0.25, -0.2) is 0 Å². The van der Waals surface area contributed by atoms with E-state index in [2.05, 4.69) is 27.7 Å². The molecule has 0 aromatic rings. The van der Waals surface area contributed by atoms with E-state index in [0.717, 1.165) is 23.7 Å².